The van der Waals surface area contributed by atoms with E-state index in [0.29, 0.717) is 11.0 Å². The van der Waals surface area contributed by atoms with Crippen molar-refractivity contribution >= 4 is 34.7 Å². The zero-order valence-corrected chi connectivity index (χ0v) is 13.6. The summed E-state index contributed by atoms with van der Waals surface area (Å²) in [6, 6.07) is 11.7. The van der Waals surface area contributed by atoms with Gasteiger partial charge in [0.25, 0.3) is 0 Å². The van der Waals surface area contributed by atoms with Crippen LogP contribution < -0.4 is 5.84 Å². The smallest absolute Gasteiger partial charge is 0.210 e. The van der Waals surface area contributed by atoms with Crippen molar-refractivity contribution in [1.82, 2.24) is 14.9 Å². The number of rotatable bonds is 4. The van der Waals surface area contributed by atoms with E-state index in [9.17, 15) is 0 Å². The lowest BCUT2D eigenvalue weighted by molar-refractivity contribution is 0.844. The molecule has 7 heteroatoms. The number of nitrogen functional groups attached to an aromatic ring is 1. The Kier molecular flexibility index (Phi) is 4.19. The molecule has 0 spiro atoms. The minimum Gasteiger partial charge on any atom is -0.335 e. The van der Waals surface area contributed by atoms with Crippen LogP contribution in [-0.2, 0) is 0 Å². The van der Waals surface area contributed by atoms with E-state index in [1.54, 1.807) is 23.1 Å². The van der Waals surface area contributed by atoms with Crippen LogP contribution in [0.25, 0.3) is 10.7 Å². The zero-order valence-electron chi connectivity index (χ0n) is 11.2. The van der Waals surface area contributed by atoms with Gasteiger partial charge in [0.2, 0.25) is 5.16 Å². The summed E-state index contributed by atoms with van der Waals surface area (Å²) < 4.78 is 1.53. The van der Waals surface area contributed by atoms with Crippen molar-refractivity contribution in [2.75, 3.05) is 5.84 Å². The number of aromatic nitrogens is 3. The summed E-state index contributed by atoms with van der Waals surface area (Å²) in [5, 5.41) is 11.9. The summed E-state index contributed by atoms with van der Waals surface area (Å²) in [5.41, 5.74) is 1.06. The van der Waals surface area contributed by atoms with Gasteiger partial charge >= 0.3 is 0 Å². The molecule has 0 radical (unpaired) electrons. The third kappa shape index (κ3) is 2.92. The van der Waals surface area contributed by atoms with Crippen molar-refractivity contribution < 1.29 is 0 Å². The second-order valence-electron chi connectivity index (χ2n) is 4.44. The Morgan fingerprint density at radius 3 is 2.76 bits per heavy atom. The molecule has 0 saturated carbocycles. The Morgan fingerprint density at radius 1 is 1.24 bits per heavy atom. The van der Waals surface area contributed by atoms with Crippen molar-refractivity contribution in [3.63, 3.8) is 0 Å². The first-order valence-electron chi connectivity index (χ1n) is 6.32. The minimum atomic E-state index is 0.140. The van der Waals surface area contributed by atoms with Crippen molar-refractivity contribution in [3.05, 3.63) is 52.4 Å². The van der Waals surface area contributed by atoms with E-state index in [4.69, 9.17) is 17.4 Å². The second kappa shape index (κ2) is 6.09. The topological polar surface area (TPSA) is 56.7 Å². The normalized spacial score (nSPS) is 12.5. The van der Waals surface area contributed by atoms with Crippen LogP contribution in [0.5, 0.6) is 0 Å². The summed E-state index contributed by atoms with van der Waals surface area (Å²) in [5.74, 6) is 6.78. The molecule has 2 N–H and O–H groups in total. The molecule has 1 atom stereocenters. The van der Waals surface area contributed by atoms with E-state index in [-0.39, 0.29) is 5.25 Å². The first-order valence-corrected chi connectivity index (χ1v) is 8.46. The predicted octanol–water partition coefficient (Wildman–Crippen LogP) is 4.23. The van der Waals surface area contributed by atoms with Gasteiger partial charge < -0.3 is 5.84 Å². The molecule has 2 aromatic heterocycles. The Labute approximate surface area is 135 Å². The van der Waals surface area contributed by atoms with Gasteiger partial charge in [0, 0.05) is 10.3 Å². The minimum absolute atomic E-state index is 0.140. The molecule has 3 aromatic rings. The maximum atomic E-state index is 6.23. The molecule has 21 heavy (non-hydrogen) atoms. The molecule has 0 fully saturated rings. The highest BCUT2D eigenvalue weighted by atomic mass is 35.5. The first-order chi connectivity index (χ1) is 10.2. The monoisotopic (exact) mass is 336 g/mol. The molecule has 0 aliphatic rings. The van der Waals surface area contributed by atoms with E-state index < -0.39 is 0 Å². The molecule has 2 heterocycles. The highest BCUT2D eigenvalue weighted by molar-refractivity contribution is 7.99. The Balaban J connectivity index is 1.85. The molecular formula is C14H13ClN4S2. The molecule has 1 unspecified atom stereocenters. The van der Waals surface area contributed by atoms with Crippen LogP contribution >= 0.6 is 34.7 Å². The molecule has 0 bridgehead atoms. The number of thioether (sulfide) groups is 1. The van der Waals surface area contributed by atoms with Crippen LogP contribution in [0.3, 0.4) is 0 Å². The lowest BCUT2D eigenvalue weighted by atomic mass is 10.2. The van der Waals surface area contributed by atoms with E-state index in [1.165, 1.54) is 4.68 Å². The standard InChI is InChI=1S/C14H13ClN4S2/c1-9(10-5-2-3-6-11(10)15)21-14-18-17-13(19(14)16)12-7-4-8-20-12/h2-9H,16H2,1H3. The van der Waals surface area contributed by atoms with Crippen molar-refractivity contribution in [1.29, 1.82) is 0 Å². The molecule has 1 aromatic carbocycles. The second-order valence-corrected chi connectivity index (χ2v) is 7.10. The average Bonchev–Trinajstić information content (AvgIpc) is 3.10. The fraction of sp³-hybridized carbons (Fsp3) is 0.143. The fourth-order valence-electron chi connectivity index (χ4n) is 1.96. The van der Waals surface area contributed by atoms with Crippen molar-refractivity contribution in [2.45, 2.75) is 17.3 Å². The van der Waals surface area contributed by atoms with Gasteiger partial charge in [-0.25, -0.2) is 4.68 Å². The van der Waals surface area contributed by atoms with Gasteiger partial charge in [0.05, 0.1) is 4.88 Å². The maximum Gasteiger partial charge on any atom is 0.210 e. The molecule has 0 amide bonds. The number of halogens is 1. The molecule has 0 saturated heterocycles. The average molecular weight is 337 g/mol. The Hall–Kier alpha value is -1.50. The Morgan fingerprint density at radius 2 is 2.05 bits per heavy atom. The number of benzene rings is 1. The van der Waals surface area contributed by atoms with E-state index in [1.807, 2.05) is 41.8 Å². The lowest BCUT2D eigenvalue weighted by Crippen LogP contribution is -2.11. The van der Waals surface area contributed by atoms with Gasteiger partial charge in [0.1, 0.15) is 0 Å². The van der Waals surface area contributed by atoms with Gasteiger partial charge in [-0.3, -0.25) is 0 Å². The van der Waals surface area contributed by atoms with E-state index in [2.05, 4.69) is 17.1 Å². The van der Waals surface area contributed by atoms with Gasteiger partial charge in [0.15, 0.2) is 5.82 Å². The quantitative estimate of drug-likeness (QED) is 0.572. The first kappa shape index (κ1) is 14.4. The van der Waals surface area contributed by atoms with Gasteiger partial charge in [-0.2, -0.15) is 0 Å². The fourth-order valence-corrected chi connectivity index (χ4v) is 3.96. The third-order valence-electron chi connectivity index (χ3n) is 3.03. The molecule has 3 rings (SSSR count). The maximum absolute atomic E-state index is 6.23. The summed E-state index contributed by atoms with van der Waals surface area (Å²) >= 11 is 9.35. The Bertz CT molecular complexity index is 739. The summed E-state index contributed by atoms with van der Waals surface area (Å²) in [6.45, 7) is 2.07. The van der Waals surface area contributed by atoms with E-state index in [0.717, 1.165) is 15.5 Å². The van der Waals surface area contributed by atoms with Crippen LogP contribution in [0.4, 0.5) is 0 Å². The molecule has 108 valence electrons. The summed E-state index contributed by atoms with van der Waals surface area (Å²) in [7, 11) is 0. The van der Waals surface area contributed by atoms with Crippen LogP contribution in [0.15, 0.2) is 46.9 Å². The van der Waals surface area contributed by atoms with Crippen molar-refractivity contribution in [3.8, 4) is 10.7 Å². The number of thiophene rings is 1. The highest BCUT2D eigenvalue weighted by Crippen LogP contribution is 2.37. The van der Waals surface area contributed by atoms with E-state index >= 15 is 0 Å². The molecule has 4 nitrogen and oxygen atoms in total. The number of hydrogen-bond acceptors (Lipinski definition) is 5. The van der Waals surface area contributed by atoms with Gasteiger partial charge in [-0.1, -0.05) is 47.6 Å². The molecular weight excluding hydrogens is 324 g/mol. The third-order valence-corrected chi connectivity index (χ3v) is 5.34. The highest BCUT2D eigenvalue weighted by Gasteiger charge is 2.17. The van der Waals surface area contributed by atoms with Crippen LogP contribution in [0.2, 0.25) is 5.02 Å². The van der Waals surface area contributed by atoms with Crippen LogP contribution in [-0.4, -0.2) is 14.9 Å². The van der Waals surface area contributed by atoms with Crippen LogP contribution in [0, 0.1) is 0 Å². The summed E-state index contributed by atoms with van der Waals surface area (Å²) in [6.07, 6.45) is 0. The largest absolute Gasteiger partial charge is 0.335 e. The number of hydrogen-bond donors (Lipinski definition) is 1. The van der Waals surface area contributed by atoms with Crippen molar-refractivity contribution in [2.24, 2.45) is 0 Å². The van der Waals surface area contributed by atoms with Gasteiger partial charge in [-0.05, 0) is 30.0 Å². The lowest BCUT2D eigenvalue weighted by Gasteiger charge is -2.12. The van der Waals surface area contributed by atoms with Gasteiger partial charge in [-0.15, -0.1) is 21.5 Å². The number of nitrogens with two attached hydrogens (primary N) is 1. The predicted molar refractivity (Wildman–Crippen MR) is 89.2 cm³/mol. The molecule has 0 aliphatic heterocycles. The summed E-state index contributed by atoms with van der Waals surface area (Å²) in [4.78, 5) is 1.00. The molecule has 0 aliphatic carbocycles. The zero-order chi connectivity index (χ0) is 14.8. The SMILES string of the molecule is CC(Sc1nnc(-c2cccs2)n1N)c1ccccc1Cl. The number of nitrogens with zero attached hydrogens (tertiary/aromatic N) is 3. The van der Waals surface area contributed by atoms with Crippen LogP contribution in [0.1, 0.15) is 17.7 Å².